The normalized spacial score (nSPS) is 13.1. The average Bonchev–Trinajstić information content (AvgIpc) is 1.57. The second-order valence-electron chi connectivity index (χ2n) is 35.1. The predicted molar refractivity (Wildman–Crippen MR) is 530 cm³/mol. The highest BCUT2D eigenvalue weighted by molar-refractivity contribution is 6.07. The van der Waals surface area contributed by atoms with Crippen LogP contribution in [0.25, 0.3) is 202 Å². The third-order valence-corrected chi connectivity index (χ3v) is 26.1. The molecule has 3 aliphatic rings. The number of hydrogen-bond donors (Lipinski definition) is 0. The summed E-state index contributed by atoms with van der Waals surface area (Å²) in [5.74, 6) is 5.98. The van der Waals surface area contributed by atoms with Gasteiger partial charge in [-0.05, 0) is 145 Å². The number of rotatable bonds is 12. The maximum Gasteiger partial charge on any atom is 0.164 e. The summed E-state index contributed by atoms with van der Waals surface area (Å²) in [5.41, 5.74) is 32.1. The Hall–Kier alpha value is -16.2. The summed E-state index contributed by atoms with van der Waals surface area (Å²) in [4.78, 5) is 44.0. The summed E-state index contributed by atoms with van der Waals surface area (Å²) in [5, 5.41) is 7.74. The van der Waals surface area contributed by atoms with Crippen molar-refractivity contribution in [3.05, 3.63) is 452 Å². The Morgan fingerprint density at radius 2 is 0.380 bits per heavy atom. The molecule has 612 valence electrons. The summed E-state index contributed by atoms with van der Waals surface area (Å²) in [7, 11) is 0. The highest BCUT2D eigenvalue weighted by Gasteiger charge is 2.40. The second-order valence-corrected chi connectivity index (χ2v) is 35.1. The average molecular weight is 1660 g/mol. The molecule has 0 unspecified atom stereocenters. The van der Waals surface area contributed by atoms with E-state index in [4.69, 9.17) is 44.9 Å². The van der Waals surface area contributed by atoms with Gasteiger partial charge in [-0.15, -0.1) is 0 Å². The molecule has 21 aromatic rings. The first-order chi connectivity index (χ1) is 63.2. The van der Waals surface area contributed by atoms with E-state index >= 15 is 0 Å². The van der Waals surface area contributed by atoms with Crippen LogP contribution in [0.5, 0.6) is 0 Å². The first-order valence-electron chi connectivity index (χ1n) is 44.1. The van der Waals surface area contributed by atoms with E-state index in [0.717, 1.165) is 61.2 Å². The van der Waals surface area contributed by atoms with Crippen LogP contribution in [0.3, 0.4) is 0 Å². The Labute approximate surface area is 751 Å². The molecule has 0 saturated heterocycles. The molecular weight excluding hydrogens is 1570 g/mol. The van der Waals surface area contributed by atoms with Gasteiger partial charge in [-0.3, -0.25) is 0 Å². The van der Waals surface area contributed by atoms with Crippen molar-refractivity contribution < 1.29 is 0 Å². The minimum Gasteiger partial charge on any atom is -0.208 e. The van der Waals surface area contributed by atoms with Gasteiger partial charge >= 0.3 is 0 Å². The van der Waals surface area contributed by atoms with Gasteiger partial charge in [0.15, 0.2) is 52.4 Å². The molecule has 129 heavy (non-hydrogen) atoms. The van der Waals surface area contributed by atoms with E-state index in [1.165, 1.54) is 121 Å². The lowest BCUT2D eigenvalue weighted by atomic mass is 9.79. The zero-order chi connectivity index (χ0) is 86.9. The fourth-order valence-electron chi connectivity index (χ4n) is 19.9. The van der Waals surface area contributed by atoms with E-state index < -0.39 is 0 Å². The van der Waals surface area contributed by atoms with Crippen LogP contribution in [0, 0.1) is 0 Å². The third kappa shape index (κ3) is 14.3. The number of hydrogen-bond acceptors (Lipinski definition) is 9. The van der Waals surface area contributed by atoms with Gasteiger partial charge in [0.1, 0.15) is 0 Å². The Bertz CT molecular complexity index is 7720. The molecule has 0 spiro atoms. The van der Waals surface area contributed by atoms with Crippen LogP contribution in [0.4, 0.5) is 0 Å². The largest absolute Gasteiger partial charge is 0.208 e. The molecule has 9 heteroatoms. The zero-order valence-electron chi connectivity index (χ0n) is 72.4. The molecule has 9 nitrogen and oxygen atoms in total. The van der Waals surface area contributed by atoms with Crippen molar-refractivity contribution in [2.24, 2.45) is 0 Å². The van der Waals surface area contributed by atoms with Crippen molar-refractivity contribution in [1.82, 2.24) is 44.9 Å². The molecule has 0 fully saturated rings. The van der Waals surface area contributed by atoms with E-state index in [1.54, 1.807) is 0 Å². The van der Waals surface area contributed by atoms with Crippen LogP contribution >= 0.6 is 0 Å². The van der Waals surface area contributed by atoms with Crippen molar-refractivity contribution in [2.75, 3.05) is 0 Å². The first-order valence-corrected chi connectivity index (χ1v) is 44.1. The van der Waals surface area contributed by atoms with Crippen molar-refractivity contribution in [3.63, 3.8) is 0 Å². The van der Waals surface area contributed by atoms with Gasteiger partial charge in [0.2, 0.25) is 0 Å². The standard InChI is InChI=1S/3C40H29N3/c1-40(2)35-22-10-9-19-32(35)34-24-23-31-30(20-12-21-33(31)36(34)40)28-17-11-18-29(25-28)39-42-37(26-13-5-3-6-14-26)41-38(43-39)27-15-7-4-8-16-27;1-40(2)35-19-10-9-16-32(35)34-25-24-31-30(17-11-18-33(31)36(34)40)26-20-22-29(23-21-26)39-42-37(27-12-5-3-6-13-27)41-38(43-39)28-14-7-4-8-15-28;1-40(2)35-16-10-9-15-33(35)34-24-22-31-25-30(21-23-32(31)36(34)40)26-17-19-29(20-18-26)39-42-37(27-11-5-3-6-12-27)41-38(43-39)28-13-7-4-8-14-28/h3*3-25H,1-2H3. The summed E-state index contributed by atoms with van der Waals surface area (Å²) in [6.07, 6.45) is 0. The quantitative estimate of drug-likeness (QED) is 0.118. The predicted octanol–water partition coefficient (Wildman–Crippen LogP) is 30.0. The topological polar surface area (TPSA) is 116 Å². The first kappa shape index (κ1) is 78.7. The van der Waals surface area contributed by atoms with Crippen LogP contribution in [-0.4, -0.2) is 44.9 Å². The van der Waals surface area contributed by atoms with Crippen LogP contribution in [-0.2, 0) is 16.2 Å². The fraction of sp³-hybridized carbons (Fsp3) is 0.0750. The lowest BCUT2D eigenvalue weighted by Crippen LogP contribution is -2.15. The molecule has 0 amide bonds. The van der Waals surface area contributed by atoms with Gasteiger partial charge in [-0.2, -0.15) is 0 Å². The molecule has 3 aromatic heterocycles. The molecule has 0 radical (unpaired) electrons. The van der Waals surface area contributed by atoms with Crippen LogP contribution in [0.1, 0.15) is 74.9 Å². The molecule has 3 aliphatic carbocycles. The minimum atomic E-state index is -0.0710. The summed E-state index contributed by atoms with van der Waals surface area (Å²) in [6, 6.07) is 147. The molecule has 0 saturated carbocycles. The monoisotopic (exact) mass is 1650 g/mol. The highest BCUT2D eigenvalue weighted by Crippen LogP contribution is 2.56. The lowest BCUT2D eigenvalue weighted by molar-refractivity contribution is 0.666. The number of fused-ring (bicyclic) bond motifs is 15. The minimum absolute atomic E-state index is 0.0314. The Balaban J connectivity index is 0.000000114. The van der Waals surface area contributed by atoms with Crippen LogP contribution in [0.15, 0.2) is 419 Å². The van der Waals surface area contributed by atoms with Gasteiger partial charge < -0.3 is 0 Å². The third-order valence-electron chi connectivity index (χ3n) is 26.1. The van der Waals surface area contributed by atoms with Crippen molar-refractivity contribution in [3.8, 4) is 169 Å². The molecule has 0 N–H and O–H groups in total. The molecule has 0 aliphatic heterocycles. The van der Waals surface area contributed by atoms with Crippen molar-refractivity contribution in [1.29, 1.82) is 0 Å². The molecule has 24 rings (SSSR count). The number of aromatic nitrogens is 9. The molecule has 0 atom stereocenters. The highest BCUT2D eigenvalue weighted by atomic mass is 15.1. The Morgan fingerprint density at radius 3 is 0.736 bits per heavy atom. The van der Waals surface area contributed by atoms with Gasteiger partial charge in [0, 0.05) is 66.3 Å². The molecule has 18 aromatic carbocycles. The van der Waals surface area contributed by atoms with E-state index in [-0.39, 0.29) is 16.2 Å². The van der Waals surface area contributed by atoms with Gasteiger partial charge in [0.05, 0.1) is 0 Å². The van der Waals surface area contributed by atoms with E-state index in [2.05, 4.69) is 278 Å². The SMILES string of the molecule is CC1(C)c2ccccc2-c2ccc3c(-c4ccc(-c5nc(-c6ccccc6)nc(-c6ccccc6)n5)cc4)cccc3c21.CC1(C)c2ccccc2-c2ccc3c(-c4cccc(-c5nc(-c6ccccc6)nc(-c6ccccc6)n5)c4)cccc3c21.CC1(C)c2ccccc2-c2ccc3cc(-c4ccc(-c5nc(-c6ccccc6)nc(-c6ccccc6)n5)cc4)ccc3c21. The number of nitrogens with zero attached hydrogens (tertiary/aromatic N) is 9. The van der Waals surface area contributed by atoms with Crippen molar-refractivity contribution >= 4 is 32.3 Å². The Kier molecular flexibility index (Phi) is 19.8. The second kappa shape index (κ2) is 32.4. The zero-order valence-corrected chi connectivity index (χ0v) is 72.4. The van der Waals surface area contributed by atoms with E-state index in [0.29, 0.717) is 52.4 Å². The van der Waals surface area contributed by atoms with Gasteiger partial charge in [0.25, 0.3) is 0 Å². The number of benzene rings is 18. The summed E-state index contributed by atoms with van der Waals surface area (Å²) < 4.78 is 0. The van der Waals surface area contributed by atoms with Crippen LogP contribution < -0.4 is 0 Å². The Morgan fingerprint density at radius 1 is 0.140 bits per heavy atom. The molecule has 0 bridgehead atoms. The van der Waals surface area contributed by atoms with Gasteiger partial charge in [-0.1, -0.05) is 448 Å². The smallest absolute Gasteiger partial charge is 0.164 e. The summed E-state index contributed by atoms with van der Waals surface area (Å²) >= 11 is 0. The van der Waals surface area contributed by atoms with Crippen LogP contribution in [0.2, 0.25) is 0 Å². The maximum atomic E-state index is 4.96. The molecule has 3 heterocycles. The lowest BCUT2D eigenvalue weighted by Gasteiger charge is -2.23. The maximum absolute atomic E-state index is 4.96. The van der Waals surface area contributed by atoms with E-state index in [1.807, 2.05) is 182 Å². The summed E-state index contributed by atoms with van der Waals surface area (Å²) in [6.45, 7) is 14.1. The van der Waals surface area contributed by atoms with Crippen molar-refractivity contribution in [2.45, 2.75) is 57.8 Å². The fourth-order valence-corrected chi connectivity index (χ4v) is 19.9. The van der Waals surface area contributed by atoms with E-state index in [9.17, 15) is 0 Å². The molecular formula is C120H87N9. The van der Waals surface area contributed by atoms with Gasteiger partial charge in [-0.25, -0.2) is 44.9 Å².